The molecule has 3 aromatic rings. The van der Waals surface area contributed by atoms with Crippen molar-refractivity contribution in [2.45, 2.75) is 24.9 Å². The Morgan fingerprint density at radius 3 is 2.66 bits per heavy atom. The maximum atomic E-state index is 14.6. The van der Waals surface area contributed by atoms with Crippen LogP contribution in [0.4, 0.5) is 4.39 Å². The number of nitrogens with zero attached hydrogens (tertiary/aromatic N) is 2. The molecule has 0 saturated heterocycles. The number of fused-ring (bicyclic) bond motifs is 1. The van der Waals surface area contributed by atoms with Gasteiger partial charge in [0.05, 0.1) is 11.6 Å². The van der Waals surface area contributed by atoms with Gasteiger partial charge in [0, 0.05) is 28.0 Å². The number of hydrogen-bond acceptors (Lipinski definition) is 4. The molecule has 1 unspecified atom stereocenters. The average molecular weight is 474 g/mol. The van der Waals surface area contributed by atoms with Gasteiger partial charge < -0.3 is 15.7 Å². The number of nitrogens with two attached hydrogens (primary N) is 1. The van der Waals surface area contributed by atoms with Crippen molar-refractivity contribution in [3.63, 3.8) is 0 Å². The predicted molar refractivity (Wildman–Crippen MR) is 118 cm³/mol. The van der Waals surface area contributed by atoms with E-state index in [4.69, 9.17) is 28.9 Å². The summed E-state index contributed by atoms with van der Waals surface area (Å²) in [4.78, 5) is 31.7. The molecule has 4 rings (SSSR count). The fourth-order valence-corrected chi connectivity index (χ4v) is 4.55. The number of carbonyl (C=O) groups excluding carboxylic acids is 2. The number of phenols is 1. The molecule has 1 heterocycles. The van der Waals surface area contributed by atoms with Crippen LogP contribution >= 0.6 is 23.2 Å². The molecular formula is C23H18Cl2FN3O3. The number of rotatable bonds is 5. The van der Waals surface area contributed by atoms with Crippen LogP contribution in [0.5, 0.6) is 5.75 Å². The molecule has 2 aromatic carbocycles. The summed E-state index contributed by atoms with van der Waals surface area (Å²) in [5.74, 6) is -2.28. The summed E-state index contributed by atoms with van der Waals surface area (Å²) >= 11 is 12.2. The van der Waals surface area contributed by atoms with Crippen molar-refractivity contribution in [2.24, 2.45) is 5.73 Å². The lowest BCUT2D eigenvalue weighted by molar-refractivity contribution is -0.123. The van der Waals surface area contributed by atoms with Crippen molar-refractivity contribution in [1.29, 1.82) is 0 Å². The summed E-state index contributed by atoms with van der Waals surface area (Å²) in [6.07, 6.45) is 3.63. The number of primary amides is 1. The molecule has 3 N–H and O–H groups in total. The zero-order valence-corrected chi connectivity index (χ0v) is 18.1. The summed E-state index contributed by atoms with van der Waals surface area (Å²) in [6.45, 7) is 0. The number of phenolic OH excluding ortho intramolecular Hbond substituents is 1. The molecule has 0 aliphatic heterocycles. The van der Waals surface area contributed by atoms with Gasteiger partial charge in [-0.25, -0.2) is 4.39 Å². The quantitative estimate of drug-likeness (QED) is 0.566. The molecule has 9 heteroatoms. The van der Waals surface area contributed by atoms with Gasteiger partial charge in [-0.3, -0.25) is 14.6 Å². The smallest absolute Gasteiger partial charge is 0.259 e. The molecule has 1 aliphatic carbocycles. The molecule has 0 spiro atoms. The van der Waals surface area contributed by atoms with Gasteiger partial charge in [-0.1, -0.05) is 29.3 Å². The third kappa shape index (κ3) is 4.01. The van der Waals surface area contributed by atoms with Gasteiger partial charge in [0.25, 0.3) is 5.91 Å². The van der Waals surface area contributed by atoms with Crippen LogP contribution in [0, 0.1) is 5.82 Å². The largest absolute Gasteiger partial charge is 0.507 e. The summed E-state index contributed by atoms with van der Waals surface area (Å²) in [7, 11) is 0. The maximum absolute atomic E-state index is 14.6. The van der Waals surface area contributed by atoms with Gasteiger partial charge in [0.2, 0.25) is 5.91 Å². The van der Waals surface area contributed by atoms with Gasteiger partial charge in [-0.05, 0) is 60.4 Å². The topological polar surface area (TPSA) is 96.5 Å². The molecule has 2 amide bonds. The minimum absolute atomic E-state index is 0.108. The van der Waals surface area contributed by atoms with E-state index in [9.17, 15) is 19.1 Å². The normalized spacial score (nSPS) is 15.8. The zero-order chi connectivity index (χ0) is 23.0. The average Bonchev–Trinajstić information content (AvgIpc) is 3.17. The van der Waals surface area contributed by atoms with E-state index in [-0.39, 0.29) is 21.4 Å². The van der Waals surface area contributed by atoms with E-state index >= 15 is 0 Å². The fraction of sp³-hybridized carbons (Fsp3) is 0.174. The Labute approximate surface area is 193 Å². The maximum Gasteiger partial charge on any atom is 0.259 e. The molecule has 32 heavy (non-hydrogen) atoms. The van der Waals surface area contributed by atoms with Crippen molar-refractivity contribution >= 4 is 35.0 Å². The van der Waals surface area contributed by atoms with Crippen LogP contribution in [0.3, 0.4) is 0 Å². The molecular weight excluding hydrogens is 456 g/mol. The van der Waals surface area contributed by atoms with Crippen LogP contribution < -0.4 is 5.73 Å². The number of carbonyl (C=O) groups is 2. The molecule has 0 fully saturated rings. The van der Waals surface area contributed by atoms with Gasteiger partial charge in [-0.15, -0.1) is 0 Å². The van der Waals surface area contributed by atoms with Crippen molar-refractivity contribution < 1.29 is 19.1 Å². The van der Waals surface area contributed by atoms with Crippen LogP contribution in [0.25, 0.3) is 0 Å². The summed E-state index contributed by atoms with van der Waals surface area (Å²) < 4.78 is 14.6. The van der Waals surface area contributed by atoms with Gasteiger partial charge in [-0.2, -0.15) is 0 Å². The van der Waals surface area contributed by atoms with Crippen LogP contribution in [0.2, 0.25) is 10.0 Å². The van der Waals surface area contributed by atoms with E-state index < -0.39 is 29.7 Å². The monoisotopic (exact) mass is 473 g/mol. The Hall–Kier alpha value is -3.16. The highest BCUT2D eigenvalue weighted by atomic mass is 35.5. The molecule has 1 aliphatic rings. The number of aromatic hydroxyl groups is 1. The third-order valence-electron chi connectivity index (χ3n) is 5.53. The number of halogens is 3. The molecule has 1 aromatic heterocycles. The number of aromatic nitrogens is 1. The van der Waals surface area contributed by atoms with E-state index in [1.807, 2.05) is 0 Å². The Balaban J connectivity index is 1.91. The van der Waals surface area contributed by atoms with E-state index in [0.717, 1.165) is 0 Å². The lowest BCUT2D eigenvalue weighted by Gasteiger charge is -2.36. The molecule has 0 bridgehead atoms. The second-order valence-electron chi connectivity index (χ2n) is 7.48. The van der Waals surface area contributed by atoms with Crippen molar-refractivity contribution in [2.75, 3.05) is 0 Å². The van der Waals surface area contributed by atoms with Gasteiger partial charge in [0.15, 0.2) is 0 Å². The summed E-state index contributed by atoms with van der Waals surface area (Å²) in [5, 5.41) is 10.8. The summed E-state index contributed by atoms with van der Waals surface area (Å²) in [6, 6.07) is 8.11. The van der Waals surface area contributed by atoms with E-state index in [1.165, 1.54) is 41.6 Å². The SMILES string of the molecule is NC(=O)C(c1cccnc1)N(C(=O)c1cc(Cl)ccc1O)[C@@H]1CCc2c(F)cc(Cl)cc21. The first-order valence-electron chi connectivity index (χ1n) is 9.76. The lowest BCUT2D eigenvalue weighted by atomic mass is 9.98. The highest BCUT2D eigenvalue weighted by Crippen LogP contribution is 2.43. The zero-order valence-electron chi connectivity index (χ0n) is 16.6. The van der Waals surface area contributed by atoms with Gasteiger partial charge >= 0.3 is 0 Å². The molecule has 6 nitrogen and oxygen atoms in total. The Morgan fingerprint density at radius 1 is 1.19 bits per heavy atom. The van der Waals surface area contributed by atoms with E-state index in [0.29, 0.717) is 29.5 Å². The van der Waals surface area contributed by atoms with E-state index in [2.05, 4.69) is 4.98 Å². The first kappa shape index (κ1) is 22.0. The minimum Gasteiger partial charge on any atom is -0.507 e. The number of hydrogen-bond donors (Lipinski definition) is 2. The highest BCUT2D eigenvalue weighted by Gasteiger charge is 2.41. The minimum atomic E-state index is -1.23. The number of benzene rings is 2. The van der Waals surface area contributed by atoms with Crippen LogP contribution in [-0.2, 0) is 11.2 Å². The van der Waals surface area contributed by atoms with Crippen molar-refractivity contribution in [1.82, 2.24) is 9.88 Å². The standard InChI is InChI=1S/C23H18Cl2FN3O3/c24-13-3-6-20(30)17(8-13)23(32)29(21(22(27)31)12-2-1-7-28-11-12)19-5-4-15-16(19)9-14(25)10-18(15)26/h1-3,6-11,19,21,30H,4-5H2,(H2,27,31)/t19-,21?/m1/s1. The third-order valence-corrected chi connectivity index (χ3v) is 5.98. The van der Waals surface area contributed by atoms with Crippen LogP contribution in [0.15, 0.2) is 54.9 Å². The highest BCUT2D eigenvalue weighted by molar-refractivity contribution is 6.31. The molecule has 164 valence electrons. The Bertz CT molecular complexity index is 1210. The van der Waals surface area contributed by atoms with Crippen molar-refractivity contribution in [3.05, 3.63) is 93.0 Å². The fourth-order valence-electron chi connectivity index (χ4n) is 4.17. The second-order valence-corrected chi connectivity index (χ2v) is 8.35. The Kier molecular flexibility index (Phi) is 6.04. The first-order chi connectivity index (χ1) is 15.3. The first-order valence-corrected chi connectivity index (χ1v) is 10.5. The van der Waals surface area contributed by atoms with Crippen molar-refractivity contribution in [3.8, 4) is 5.75 Å². The van der Waals surface area contributed by atoms with Crippen LogP contribution in [0.1, 0.15) is 45.6 Å². The van der Waals surface area contributed by atoms with Crippen LogP contribution in [-0.4, -0.2) is 26.8 Å². The molecule has 0 radical (unpaired) electrons. The number of amides is 2. The van der Waals surface area contributed by atoms with E-state index in [1.54, 1.807) is 18.2 Å². The Morgan fingerprint density at radius 2 is 1.97 bits per heavy atom. The number of pyridine rings is 1. The second kappa shape index (κ2) is 8.76. The molecule has 2 atom stereocenters. The summed E-state index contributed by atoms with van der Waals surface area (Å²) in [5.41, 5.74) is 6.93. The predicted octanol–water partition coefficient (Wildman–Crippen LogP) is 4.59. The lowest BCUT2D eigenvalue weighted by Crippen LogP contribution is -2.43. The molecule has 0 saturated carbocycles. The van der Waals surface area contributed by atoms with Gasteiger partial charge in [0.1, 0.15) is 17.6 Å².